The number of amides is 1. The first-order valence-corrected chi connectivity index (χ1v) is 10.0. The summed E-state index contributed by atoms with van der Waals surface area (Å²) in [6, 6.07) is 12.7. The van der Waals surface area contributed by atoms with Crippen molar-refractivity contribution in [2.75, 3.05) is 25.5 Å². The van der Waals surface area contributed by atoms with Crippen LogP contribution in [-0.4, -0.2) is 44.9 Å². The number of carbonyl (C=O) groups is 1. The lowest BCUT2D eigenvalue weighted by molar-refractivity contribution is 0.102. The van der Waals surface area contributed by atoms with Crippen LogP contribution in [0, 0.1) is 0 Å². The largest absolute Gasteiger partial charge is 0.492 e. The second-order valence-electron chi connectivity index (χ2n) is 6.26. The molecule has 0 fully saturated rings. The number of anilines is 1. The van der Waals surface area contributed by atoms with Crippen molar-refractivity contribution in [2.24, 2.45) is 5.73 Å². The number of carbonyl (C=O) groups excluding carboxylic acids is 1. The Morgan fingerprint density at radius 2 is 1.82 bits per heavy atom. The van der Waals surface area contributed by atoms with Gasteiger partial charge in [0.25, 0.3) is 5.91 Å². The number of sulfonamides is 1. The lowest BCUT2D eigenvalue weighted by Crippen LogP contribution is -2.33. The summed E-state index contributed by atoms with van der Waals surface area (Å²) in [5, 5.41) is 2.74. The van der Waals surface area contributed by atoms with Crippen LogP contribution in [0.4, 0.5) is 5.69 Å². The van der Waals surface area contributed by atoms with Gasteiger partial charge >= 0.3 is 0 Å². The first-order chi connectivity index (χ1) is 12.8. The Morgan fingerprint density at radius 3 is 2.39 bits per heavy atom. The Kier molecular flexibility index (Phi) is 8.90. The predicted octanol–water partition coefficient (Wildman–Crippen LogP) is 2.73. The summed E-state index contributed by atoms with van der Waals surface area (Å²) in [6.07, 6.45) is 0. The topological polar surface area (TPSA) is 102 Å². The molecule has 1 amide bonds. The fourth-order valence-electron chi connectivity index (χ4n) is 2.26. The lowest BCUT2D eigenvalue weighted by atomic mass is 10.2. The van der Waals surface area contributed by atoms with E-state index in [9.17, 15) is 13.2 Å². The monoisotopic (exact) mass is 427 g/mol. The molecule has 7 nitrogen and oxygen atoms in total. The Morgan fingerprint density at radius 1 is 1.18 bits per heavy atom. The summed E-state index contributed by atoms with van der Waals surface area (Å²) in [4.78, 5) is 12.6. The molecule has 154 valence electrons. The normalized spacial score (nSPS) is 11.2. The molecule has 0 aliphatic carbocycles. The molecular formula is C19H26ClN3O4S. The maximum atomic E-state index is 12.6. The summed E-state index contributed by atoms with van der Waals surface area (Å²) in [5.74, 6) is 0.262. The SMILES string of the molecule is CC(C)N(C)S(=O)(=O)c1cccc(C(=O)Nc2ccc(OCCN)cc2)c1.Cl. The number of nitrogens with zero attached hydrogens (tertiary/aromatic N) is 1. The molecule has 0 aliphatic heterocycles. The zero-order valence-electron chi connectivity index (χ0n) is 16.1. The summed E-state index contributed by atoms with van der Waals surface area (Å²) in [7, 11) is -2.14. The van der Waals surface area contributed by atoms with E-state index in [1.165, 1.54) is 23.5 Å². The molecule has 0 aliphatic rings. The van der Waals surface area contributed by atoms with Crippen LogP contribution in [0.15, 0.2) is 53.4 Å². The fraction of sp³-hybridized carbons (Fsp3) is 0.316. The molecule has 0 spiro atoms. The number of halogens is 1. The number of ether oxygens (including phenoxy) is 1. The fourth-order valence-corrected chi connectivity index (χ4v) is 3.67. The molecule has 0 radical (unpaired) electrons. The van der Waals surface area contributed by atoms with E-state index in [2.05, 4.69) is 5.32 Å². The van der Waals surface area contributed by atoms with Crippen LogP contribution in [0.3, 0.4) is 0 Å². The lowest BCUT2D eigenvalue weighted by Gasteiger charge is -2.21. The third kappa shape index (κ3) is 5.93. The van der Waals surface area contributed by atoms with Crippen LogP contribution in [0.2, 0.25) is 0 Å². The Hall–Kier alpha value is -2.13. The Balaban J connectivity index is 0.00000392. The van der Waals surface area contributed by atoms with Gasteiger partial charge in [0.15, 0.2) is 0 Å². The van der Waals surface area contributed by atoms with Crippen LogP contribution < -0.4 is 15.8 Å². The maximum Gasteiger partial charge on any atom is 0.255 e. The van der Waals surface area contributed by atoms with Gasteiger partial charge in [0.1, 0.15) is 12.4 Å². The first-order valence-electron chi connectivity index (χ1n) is 8.58. The van der Waals surface area contributed by atoms with Gasteiger partial charge in [0.05, 0.1) is 4.90 Å². The van der Waals surface area contributed by atoms with Gasteiger partial charge in [-0.1, -0.05) is 6.07 Å². The second-order valence-corrected chi connectivity index (χ2v) is 8.26. The van der Waals surface area contributed by atoms with Crippen LogP contribution in [0.1, 0.15) is 24.2 Å². The molecule has 0 heterocycles. The van der Waals surface area contributed by atoms with Gasteiger partial charge in [0.2, 0.25) is 10.0 Å². The van der Waals surface area contributed by atoms with Gasteiger partial charge in [-0.25, -0.2) is 8.42 Å². The van der Waals surface area contributed by atoms with Gasteiger partial charge in [0, 0.05) is 30.9 Å². The molecule has 0 bridgehead atoms. The molecule has 0 saturated carbocycles. The average Bonchev–Trinajstić information content (AvgIpc) is 2.66. The highest BCUT2D eigenvalue weighted by atomic mass is 35.5. The summed E-state index contributed by atoms with van der Waals surface area (Å²) in [6.45, 7) is 4.41. The summed E-state index contributed by atoms with van der Waals surface area (Å²) in [5.41, 5.74) is 6.22. The molecule has 2 aromatic carbocycles. The van der Waals surface area contributed by atoms with E-state index >= 15 is 0 Å². The third-order valence-corrected chi connectivity index (χ3v) is 6.03. The number of rotatable bonds is 8. The van der Waals surface area contributed by atoms with E-state index in [1.807, 2.05) is 0 Å². The van der Waals surface area contributed by atoms with Crippen molar-refractivity contribution in [1.29, 1.82) is 0 Å². The van der Waals surface area contributed by atoms with Crippen molar-refractivity contribution in [3.05, 3.63) is 54.1 Å². The Bertz CT molecular complexity index is 886. The molecule has 28 heavy (non-hydrogen) atoms. The van der Waals surface area contributed by atoms with Gasteiger partial charge in [-0.2, -0.15) is 4.31 Å². The molecule has 9 heteroatoms. The van der Waals surface area contributed by atoms with Crippen molar-refractivity contribution in [3.63, 3.8) is 0 Å². The van der Waals surface area contributed by atoms with Gasteiger partial charge in [-0.05, 0) is 56.3 Å². The van der Waals surface area contributed by atoms with E-state index in [-0.39, 0.29) is 28.9 Å². The first kappa shape index (κ1) is 23.9. The van der Waals surface area contributed by atoms with Crippen molar-refractivity contribution < 1.29 is 17.9 Å². The minimum Gasteiger partial charge on any atom is -0.492 e. The molecule has 3 N–H and O–H groups in total. The van der Waals surface area contributed by atoms with E-state index < -0.39 is 15.9 Å². The van der Waals surface area contributed by atoms with Crippen molar-refractivity contribution >= 4 is 34.0 Å². The number of nitrogens with two attached hydrogens (primary N) is 1. The van der Waals surface area contributed by atoms with Crippen molar-refractivity contribution in [2.45, 2.75) is 24.8 Å². The zero-order chi connectivity index (χ0) is 20.0. The molecule has 0 aromatic heterocycles. The third-order valence-electron chi connectivity index (χ3n) is 4.00. The number of hydrogen-bond acceptors (Lipinski definition) is 5. The zero-order valence-corrected chi connectivity index (χ0v) is 17.7. The standard InChI is InChI=1S/C19H25N3O4S.ClH/c1-14(2)22(3)27(24,25)18-6-4-5-15(13-18)19(23)21-16-7-9-17(10-8-16)26-12-11-20;/h4-10,13-14H,11-12,20H2,1-3H3,(H,21,23);1H. The van der Waals surface area contributed by atoms with Gasteiger partial charge < -0.3 is 15.8 Å². The quantitative estimate of drug-likeness (QED) is 0.674. The maximum absolute atomic E-state index is 12.6. The molecule has 0 saturated heterocycles. The molecular weight excluding hydrogens is 402 g/mol. The van der Waals surface area contributed by atoms with E-state index in [4.69, 9.17) is 10.5 Å². The van der Waals surface area contributed by atoms with Gasteiger partial charge in [-0.3, -0.25) is 4.79 Å². The van der Waals surface area contributed by atoms with Crippen LogP contribution >= 0.6 is 12.4 Å². The van der Waals surface area contributed by atoms with E-state index in [0.717, 1.165) is 0 Å². The highest BCUT2D eigenvalue weighted by Crippen LogP contribution is 2.20. The second kappa shape index (κ2) is 10.4. The van der Waals surface area contributed by atoms with Crippen LogP contribution in [0.5, 0.6) is 5.75 Å². The van der Waals surface area contributed by atoms with Crippen molar-refractivity contribution in [3.8, 4) is 5.75 Å². The minimum atomic E-state index is -3.66. The smallest absolute Gasteiger partial charge is 0.255 e. The average molecular weight is 428 g/mol. The van der Waals surface area contributed by atoms with E-state index in [0.29, 0.717) is 24.6 Å². The van der Waals surface area contributed by atoms with Crippen LogP contribution in [0.25, 0.3) is 0 Å². The number of nitrogens with one attached hydrogen (secondary N) is 1. The molecule has 2 rings (SSSR count). The minimum absolute atomic E-state index is 0. The number of hydrogen-bond donors (Lipinski definition) is 2. The molecule has 0 unspecified atom stereocenters. The summed E-state index contributed by atoms with van der Waals surface area (Å²) < 4.78 is 31.9. The van der Waals surface area contributed by atoms with Crippen LogP contribution in [-0.2, 0) is 10.0 Å². The molecule has 2 aromatic rings. The summed E-state index contributed by atoms with van der Waals surface area (Å²) >= 11 is 0. The van der Waals surface area contributed by atoms with E-state index in [1.54, 1.807) is 50.2 Å². The highest BCUT2D eigenvalue weighted by molar-refractivity contribution is 7.89. The Labute approximate surface area is 172 Å². The number of benzene rings is 2. The van der Waals surface area contributed by atoms with Crippen molar-refractivity contribution in [1.82, 2.24) is 4.31 Å². The molecule has 0 atom stereocenters. The predicted molar refractivity (Wildman–Crippen MR) is 113 cm³/mol. The van der Waals surface area contributed by atoms with Gasteiger partial charge in [-0.15, -0.1) is 12.4 Å². The highest BCUT2D eigenvalue weighted by Gasteiger charge is 2.23.